The summed E-state index contributed by atoms with van der Waals surface area (Å²) in [6.45, 7) is 3.48. The van der Waals surface area contributed by atoms with E-state index in [-0.39, 0.29) is 11.7 Å². The quantitative estimate of drug-likeness (QED) is 0.780. The summed E-state index contributed by atoms with van der Waals surface area (Å²) >= 11 is 1.46. The number of benzene rings is 1. The number of carbonyl (C=O) groups excluding carboxylic acids is 1. The molecule has 1 aromatic carbocycles. The van der Waals surface area contributed by atoms with Crippen LogP contribution in [0.3, 0.4) is 0 Å². The molecule has 0 spiro atoms. The van der Waals surface area contributed by atoms with Gasteiger partial charge in [-0.25, -0.2) is 4.39 Å². The Bertz CT molecular complexity index is 402. The molecule has 0 N–H and O–H groups in total. The number of piperazine rings is 1. The molecule has 98 valence electrons. The Morgan fingerprint density at radius 1 is 1.22 bits per heavy atom. The van der Waals surface area contributed by atoms with Gasteiger partial charge in [0.2, 0.25) is 5.91 Å². The maximum Gasteiger partial charge on any atom is 0.233 e. The summed E-state index contributed by atoms with van der Waals surface area (Å²) in [5, 5.41) is 0. The summed E-state index contributed by atoms with van der Waals surface area (Å²) in [5.74, 6) is 0.345. The molecule has 1 saturated heterocycles. The Morgan fingerprint density at radius 2 is 1.83 bits per heavy atom. The number of halogens is 1. The van der Waals surface area contributed by atoms with Crippen LogP contribution < -0.4 is 0 Å². The van der Waals surface area contributed by atoms with E-state index >= 15 is 0 Å². The van der Waals surface area contributed by atoms with Gasteiger partial charge >= 0.3 is 0 Å². The van der Waals surface area contributed by atoms with E-state index in [1.54, 1.807) is 12.1 Å². The largest absolute Gasteiger partial charge is 0.339 e. The van der Waals surface area contributed by atoms with Gasteiger partial charge in [-0.05, 0) is 31.3 Å². The predicted molar refractivity (Wildman–Crippen MR) is 71.2 cm³/mol. The van der Waals surface area contributed by atoms with E-state index in [0.29, 0.717) is 5.75 Å². The highest BCUT2D eigenvalue weighted by Crippen LogP contribution is 2.18. The second-order valence-corrected chi connectivity index (χ2v) is 5.48. The Morgan fingerprint density at radius 3 is 2.44 bits per heavy atom. The number of amides is 1. The highest BCUT2D eigenvalue weighted by Gasteiger charge is 2.18. The minimum absolute atomic E-state index is 0.164. The molecule has 0 aliphatic carbocycles. The third kappa shape index (κ3) is 3.71. The predicted octanol–water partition coefficient (Wildman–Crippen LogP) is 1.69. The topological polar surface area (TPSA) is 23.6 Å². The van der Waals surface area contributed by atoms with Crippen molar-refractivity contribution in [3.63, 3.8) is 0 Å². The fourth-order valence-electron chi connectivity index (χ4n) is 1.82. The second-order valence-electron chi connectivity index (χ2n) is 4.43. The fourth-order valence-corrected chi connectivity index (χ4v) is 2.62. The Balaban J connectivity index is 1.79. The molecule has 3 nitrogen and oxygen atoms in total. The Kier molecular flexibility index (Phi) is 4.60. The lowest BCUT2D eigenvalue weighted by atomic mass is 10.3. The Labute approximate surface area is 111 Å². The zero-order valence-electron chi connectivity index (χ0n) is 10.4. The third-order valence-electron chi connectivity index (χ3n) is 3.03. The van der Waals surface area contributed by atoms with Crippen molar-refractivity contribution in [1.82, 2.24) is 9.80 Å². The second kappa shape index (κ2) is 6.20. The van der Waals surface area contributed by atoms with Gasteiger partial charge < -0.3 is 9.80 Å². The highest BCUT2D eigenvalue weighted by atomic mass is 32.2. The number of hydrogen-bond donors (Lipinski definition) is 0. The van der Waals surface area contributed by atoms with Crippen molar-refractivity contribution in [1.29, 1.82) is 0 Å². The first-order chi connectivity index (χ1) is 8.65. The minimum Gasteiger partial charge on any atom is -0.339 e. The highest BCUT2D eigenvalue weighted by molar-refractivity contribution is 8.00. The van der Waals surface area contributed by atoms with Crippen molar-refractivity contribution in [3.8, 4) is 0 Å². The molecule has 0 aromatic heterocycles. The first kappa shape index (κ1) is 13.4. The van der Waals surface area contributed by atoms with E-state index in [1.807, 2.05) is 4.90 Å². The van der Waals surface area contributed by atoms with Crippen molar-refractivity contribution in [2.45, 2.75) is 4.90 Å². The number of thioether (sulfide) groups is 1. The molecule has 1 aliphatic heterocycles. The van der Waals surface area contributed by atoms with E-state index in [0.717, 1.165) is 31.1 Å². The first-order valence-electron chi connectivity index (χ1n) is 6.00. The monoisotopic (exact) mass is 268 g/mol. The normalized spacial score (nSPS) is 16.9. The van der Waals surface area contributed by atoms with Crippen LogP contribution in [0.1, 0.15) is 0 Å². The minimum atomic E-state index is -0.246. The summed E-state index contributed by atoms with van der Waals surface area (Å²) in [5.41, 5.74) is 0. The van der Waals surface area contributed by atoms with E-state index in [2.05, 4.69) is 11.9 Å². The lowest BCUT2D eigenvalue weighted by Gasteiger charge is -2.32. The number of nitrogens with zero attached hydrogens (tertiary/aromatic N) is 2. The molecule has 1 heterocycles. The SMILES string of the molecule is CN1CCN(C(=O)CSc2ccc(F)cc2)CC1. The average Bonchev–Trinajstić information content (AvgIpc) is 2.38. The molecule has 5 heteroatoms. The van der Waals surface area contributed by atoms with Crippen LogP contribution in [0.15, 0.2) is 29.2 Å². The molecule has 0 unspecified atom stereocenters. The van der Waals surface area contributed by atoms with E-state index in [4.69, 9.17) is 0 Å². The average molecular weight is 268 g/mol. The van der Waals surface area contributed by atoms with Crippen molar-refractivity contribution in [2.24, 2.45) is 0 Å². The smallest absolute Gasteiger partial charge is 0.233 e. The van der Waals surface area contributed by atoms with Gasteiger partial charge in [0.1, 0.15) is 5.82 Å². The van der Waals surface area contributed by atoms with Crippen molar-refractivity contribution in [3.05, 3.63) is 30.1 Å². The van der Waals surface area contributed by atoms with Crippen molar-refractivity contribution < 1.29 is 9.18 Å². The van der Waals surface area contributed by atoms with E-state index in [9.17, 15) is 9.18 Å². The summed E-state index contributed by atoms with van der Waals surface area (Å²) in [4.78, 5) is 17.0. The van der Waals surface area contributed by atoms with Crippen LogP contribution in [-0.2, 0) is 4.79 Å². The van der Waals surface area contributed by atoms with Crippen LogP contribution in [0.2, 0.25) is 0 Å². The summed E-state index contributed by atoms with van der Waals surface area (Å²) in [6.07, 6.45) is 0. The molecule has 1 aliphatic rings. The van der Waals surface area contributed by atoms with Gasteiger partial charge in [0.25, 0.3) is 0 Å². The lowest BCUT2D eigenvalue weighted by Crippen LogP contribution is -2.47. The number of likely N-dealkylation sites (N-methyl/N-ethyl adjacent to an activating group) is 1. The van der Waals surface area contributed by atoms with Gasteiger partial charge in [-0.1, -0.05) is 0 Å². The molecular formula is C13H17FN2OS. The molecule has 0 bridgehead atoms. The zero-order chi connectivity index (χ0) is 13.0. The van der Waals surface area contributed by atoms with Crippen LogP contribution in [-0.4, -0.2) is 54.7 Å². The van der Waals surface area contributed by atoms with Gasteiger partial charge in [0, 0.05) is 31.1 Å². The number of carbonyl (C=O) groups is 1. The summed E-state index contributed by atoms with van der Waals surface area (Å²) in [6, 6.07) is 6.25. The first-order valence-corrected chi connectivity index (χ1v) is 6.98. The molecular weight excluding hydrogens is 251 g/mol. The lowest BCUT2D eigenvalue weighted by molar-refractivity contribution is -0.129. The van der Waals surface area contributed by atoms with Crippen LogP contribution >= 0.6 is 11.8 Å². The van der Waals surface area contributed by atoms with E-state index < -0.39 is 0 Å². The van der Waals surface area contributed by atoms with Crippen LogP contribution in [0.4, 0.5) is 4.39 Å². The molecule has 1 fully saturated rings. The van der Waals surface area contributed by atoms with Gasteiger partial charge in [-0.15, -0.1) is 11.8 Å². The number of rotatable bonds is 3. The van der Waals surface area contributed by atoms with Gasteiger partial charge in [0.05, 0.1) is 5.75 Å². The van der Waals surface area contributed by atoms with Crippen molar-refractivity contribution >= 4 is 17.7 Å². The van der Waals surface area contributed by atoms with Gasteiger partial charge in [0.15, 0.2) is 0 Å². The molecule has 0 saturated carbocycles. The summed E-state index contributed by atoms with van der Waals surface area (Å²) in [7, 11) is 2.06. The Hall–Kier alpha value is -1.07. The zero-order valence-corrected chi connectivity index (χ0v) is 11.3. The molecule has 18 heavy (non-hydrogen) atoms. The van der Waals surface area contributed by atoms with E-state index in [1.165, 1.54) is 23.9 Å². The standard InChI is InChI=1S/C13H17FN2OS/c1-15-6-8-16(9-7-15)13(17)10-18-12-4-2-11(14)3-5-12/h2-5H,6-10H2,1H3. The molecule has 0 atom stereocenters. The fraction of sp³-hybridized carbons (Fsp3) is 0.462. The van der Waals surface area contributed by atoms with Crippen LogP contribution in [0, 0.1) is 5.82 Å². The maximum atomic E-state index is 12.7. The third-order valence-corrected chi connectivity index (χ3v) is 4.03. The van der Waals surface area contributed by atoms with Crippen molar-refractivity contribution in [2.75, 3.05) is 39.0 Å². The van der Waals surface area contributed by atoms with Crippen LogP contribution in [0.5, 0.6) is 0 Å². The van der Waals surface area contributed by atoms with Gasteiger partial charge in [-0.3, -0.25) is 4.79 Å². The maximum absolute atomic E-state index is 12.7. The molecule has 2 rings (SSSR count). The molecule has 0 radical (unpaired) electrons. The van der Waals surface area contributed by atoms with Crippen LogP contribution in [0.25, 0.3) is 0 Å². The summed E-state index contributed by atoms with van der Waals surface area (Å²) < 4.78 is 12.7. The molecule has 1 aromatic rings. The number of hydrogen-bond acceptors (Lipinski definition) is 3. The molecule has 1 amide bonds. The van der Waals surface area contributed by atoms with Gasteiger partial charge in [-0.2, -0.15) is 0 Å².